The van der Waals surface area contributed by atoms with Crippen molar-refractivity contribution in [2.45, 2.75) is 19.1 Å². The SMILES string of the molecule is CN=C(NCCc1nc(C(F)(F)F)cs1)NCc1ccsc1.I. The number of thiophene rings is 1. The molecule has 10 heteroatoms. The fraction of sp³-hybridized carbons (Fsp3) is 0.385. The van der Waals surface area contributed by atoms with Crippen molar-refractivity contribution in [3.05, 3.63) is 38.5 Å². The number of hydrogen-bond acceptors (Lipinski definition) is 4. The monoisotopic (exact) mass is 476 g/mol. The first-order chi connectivity index (χ1) is 10.5. The van der Waals surface area contributed by atoms with E-state index in [4.69, 9.17) is 0 Å². The number of alkyl halides is 3. The first-order valence-electron chi connectivity index (χ1n) is 6.46. The molecular formula is C13H16F3IN4S2. The minimum Gasteiger partial charge on any atom is -0.356 e. The van der Waals surface area contributed by atoms with Crippen LogP contribution in [0.25, 0.3) is 0 Å². The topological polar surface area (TPSA) is 49.3 Å². The first-order valence-corrected chi connectivity index (χ1v) is 8.28. The van der Waals surface area contributed by atoms with Gasteiger partial charge in [0.2, 0.25) is 0 Å². The third-order valence-corrected chi connectivity index (χ3v) is 4.38. The number of hydrogen-bond donors (Lipinski definition) is 2. The van der Waals surface area contributed by atoms with E-state index in [1.165, 1.54) is 0 Å². The molecule has 2 N–H and O–H groups in total. The molecule has 0 fully saturated rings. The van der Waals surface area contributed by atoms with E-state index in [1.807, 2.05) is 16.8 Å². The molecule has 0 amide bonds. The Morgan fingerprint density at radius 2 is 2.09 bits per heavy atom. The maximum atomic E-state index is 12.4. The van der Waals surface area contributed by atoms with Crippen LogP contribution < -0.4 is 10.6 Å². The van der Waals surface area contributed by atoms with Gasteiger partial charge in [0, 0.05) is 31.9 Å². The van der Waals surface area contributed by atoms with Gasteiger partial charge in [-0.15, -0.1) is 35.3 Å². The highest BCUT2D eigenvalue weighted by atomic mass is 127. The molecule has 2 rings (SSSR count). The predicted octanol–water partition coefficient (Wildman–Crippen LogP) is 3.75. The third kappa shape index (κ3) is 6.63. The van der Waals surface area contributed by atoms with Crippen LogP contribution in [0.1, 0.15) is 16.3 Å². The van der Waals surface area contributed by atoms with Crippen LogP contribution in [0.2, 0.25) is 0 Å². The summed E-state index contributed by atoms with van der Waals surface area (Å²) in [7, 11) is 1.65. The second kappa shape index (κ2) is 9.42. The number of nitrogens with one attached hydrogen (secondary N) is 2. The smallest absolute Gasteiger partial charge is 0.356 e. The van der Waals surface area contributed by atoms with Crippen molar-refractivity contribution in [2.24, 2.45) is 4.99 Å². The van der Waals surface area contributed by atoms with Crippen LogP contribution in [0, 0.1) is 0 Å². The third-order valence-electron chi connectivity index (χ3n) is 2.74. The highest BCUT2D eigenvalue weighted by Crippen LogP contribution is 2.29. The van der Waals surface area contributed by atoms with Crippen molar-refractivity contribution >= 4 is 52.6 Å². The summed E-state index contributed by atoms with van der Waals surface area (Å²) in [5.41, 5.74) is 0.329. The number of aliphatic imine (C=N–C) groups is 1. The van der Waals surface area contributed by atoms with Crippen LogP contribution in [0.5, 0.6) is 0 Å². The van der Waals surface area contributed by atoms with Crippen molar-refractivity contribution < 1.29 is 13.2 Å². The molecule has 0 spiro atoms. The van der Waals surface area contributed by atoms with Crippen molar-refractivity contribution in [2.75, 3.05) is 13.6 Å². The fourth-order valence-electron chi connectivity index (χ4n) is 1.64. The van der Waals surface area contributed by atoms with Crippen LogP contribution in [-0.4, -0.2) is 24.5 Å². The van der Waals surface area contributed by atoms with Gasteiger partial charge >= 0.3 is 6.18 Å². The van der Waals surface area contributed by atoms with E-state index in [0.717, 1.165) is 22.3 Å². The Labute approximate surface area is 157 Å². The highest BCUT2D eigenvalue weighted by molar-refractivity contribution is 14.0. The first kappa shape index (κ1) is 20.2. The van der Waals surface area contributed by atoms with Gasteiger partial charge in [0.05, 0.1) is 5.01 Å². The molecule has 4 nitrogen and oxygen atoms in total. The molecule has 0 bridgehead atoms. The minimum atomic E-state index is -4.37. The summed E-state index contributed by atoms with van der Waals surface area (Å²) in [5.74, 6) is 0.610. The van der Waals surface area contributed by atoms with Gasteiger partial charge in [0.1, 0.15) is 0 Å². The number of halogens is 4. The van der Waals surface area contributed by atoms with E-state index in [2.05, 4.69) is 20.6 Å². The van der Waals surface area contributed by atoms with Gasteiger partial charge in [-0.05, 0) is 22.4 Å². The molecule has 0 aliphatic carbocycles. The van der Waals surface area contributed by atoms with Crippen LogP contribution in [0.4, 0.5) is 13.2 Å². The van der Waals surface area contributed by atoms with Crippen LogP contribution in [0.15, 0.2) is 27.2 Å². The maximum Gasteiger partial charge on any atom is 0.434 e. The standard InChI is InChI=1S/C13H15F3N4S2.HI/c1-17-12(19-6-9-3-5-21-7-9)18-4-2-11-20-10(8-22-11)13(14,15)16;/h3,5,7-8H,2,4,6H2,1H3,(H2,17,18,19);1H. The second-order valence-corrected chi connectivity index (χ2v) is 6.08. The van der Waals surface area contributed by atoms with E-state index in [0.29, 0.717) is 30.5 Å². The molecule has 0 saturated carbocycles. The lowest BCUT2D eigenvalue weighted by Crippen LogP contribution is -2.37. The van der Waals surface area contributed by atoms with Crippen molar-refractivity contribution in [1.82, 2.24) is 15.6 Å². The minimum absolute atomic E-state index is 0. The van der Waals surface area contributed by atoms with E-state index in [-0.39, 0.29) is 24.0 Å². The molecule has 0 atom stereocenters. The zero-order valence-electron chi connectivity index (χ0n) is 12.2. The molecule has 0 unspecified atom stereocenters. The van der Waals surface area contributed by atoms with Crippen LogP contribution in [-0.2, 0) is 19.1 Å². The number of nitrogens with zero attached hydrogens (tertiary/aromatic N) is 2. The quantitative estimate of drug-likeness (QED) is 0.393. The van der Waals surface area contributed by atoms with Gasteiger partial charge in [-0.3, -0.25) is 4.99 Å². The molecule has 128 valence electrons. The zero-order chi connectivity index (χ0) is 16.0. The van der Waals surface area contributed by atoms with E-state index < -0.39 is 11.9 Å². The average Bonchev–Trinajstić information content (AvgIpc) is 3.13. The van der Waals surface area contributed by atoms with Gasteiger partial charge < -0.3 is 10.6 Å². The molecule has 23 heavy (non-hydrogen) atoms. The Balaban J connectivity index is 0.00000264. The lowest BCUT2D eigenvalue weighted by molar-refractivity contribution is -0.140. The summed E-state index contributed by atoms with van der Waals surface area (Å²) >= 11 is 2.64. The molecule has 0 radical (unpaired) electrons. The average molecular weight is 476 g/mol. The predicted molar refractivity (Wildman–Crippen MR) is 98.8 cm³/mol. The van der Waals surface area contributed by atoms with Crippen molar-refractivity contribution in [3.63, 3.8) is 0 Å². The number of rotatable bonds is 5. The molecule has 0 aliphatic heterocycles. The van der Waals surface area contributed by atoms with Crippen LogP contribution >= 0.6 is 46.7 Å². The van der Waals surface area contributed by atoms with Gasteiger partial charge in [0.15, 0.2) is 11.7 Å². The molecule has 0 aliphatic rings. The summed E-state index contributed by atoms with van der Waals surface area (Å²) < 4.78 is 37.3. The summed E-state index contributed by atoms with van der Waals surface area (Å²) in [4.78, 5) is 7.65. The number of aromatic nitrogens is 1. The van der Waals surface area contributed by atoms with E-state index in [1.54, 1.807) is 18.4 Å². The Morgan fingerprint density at radius 3 is 2.65 bits per heavy atom. The summed E-state index contributed by atoms with van der Waals surface area (Å²) in [5, 5.41) is 11.7. The highest BCUT2D eigenvalue weighted by Gasteiger charge is 2.33. The second-order valence-electron chi connectivity index (χ2n) is 4.36. The van der Waals surface area contributed by atoms with E-state index >= 15 is 0 Å². The number of thiazole rings is 1. The lowest BCUT2D eigenvalue weighted by atomic mass is 10.3. The molecular weight excluding hydrogens is 460 g/mol. The number of guanidine groups is 1. The Hall–Kier alpha value is -0.880. The molecule has 2 heterocycles. The fourth-order valence-corrected chi connectivity index (χ4v) is 3.12. The molecule has 2 aromatic rings. The summed E-state index contributed by atoms with van der Waals surface area (Å²) in [6.07, 6.45) is -3.96. The van der Waals surface area contributed by atoms with Gasteiger partial charge in [-0.25, -0.2) is 4.98 Å². The van der Waals surface area contributed by atoms with E-state index in [9.17, 15) is 13.2 Å². The van der Waals surface area contributed by atoms with Gasteiger partial charge in [-0.1, -0.05) is 0 Å². The Morgan fingerprint density at radius 1 is 1.30 bits per heavy atom. The van der Waals surface area contributed by atoms with Gasteiger partial charge in [0.25, 0.3) is 0 Å². The summed E-state index contributed by atoms with van der Waals surface area (Å²) in [6.45, 7) is 1.12. The molecule has 2 aromatic heterocycles. The van der Waals surface area contributed by atoms with Crippen molar-refractivity contribution in [3.8, 4) is 0 Å². The Bertz CT molecular complexity index is 611. The van der Waals surface area contributed by atoms with Gasteiger partial charge in [-0.2, -0.15) is 24.5 Å². The summed E-state index contributed by atoms with van der Waals surface area (Å²) in [6, 6.07) is 2.01. The Kier molecular flexibility index (Phi) is 8.26. The zero-order valence-corrected chi connectivity index (χ0v) is 16.1. The molecule has 0 saturated heterocycles. The maximum absolute atomic E-state index is 12.4. The van der Waals surface area contributed by atoms with Crippen molar-refractivity contribution in [1.29, 1.82) is 0 Å². The largest absolute Gasteiger partial charge is 0.434 e. The molecule has 0 aromatic carbocycles. The normalized spacial score (nSPS) is 11.9. The lowest BCUT2D eigenvalue weighted by Gasteiger charge is -2.10. The van der Waals surface area contributed by atoms with Crippen LogP contribution in [0.3, 0.4) is 0 Å².